The normalized spacial score (nSPS) is 23.5. The first kappa shape index (κ1) is 14.9. The summed E-state index contributed by atoms with van der Waals surface area (Å²) in [6.07, 6.45) is 6.85. The van der Waals surface area contributed by atoms with Crippen molar-refractivity contribution in [1.29, 1.82) is 0 Å². The van der Waals surface area contributed by atoms with E-state index in [1.165, 1.54) is 32.1 Å². The van der Waals surface area contributed by atoms with Gasteiger partial charge in [-0.15, -0.1) is 0 Å². The van der Waals surface area contributed by atoms with Crippen LogP contribution in [0.3, 0.4) is 0 Å². The number of hydrogen-bond donors (Lipinski definition) is 2. The Bertz CT molecular complexity index is 400. The Morgan fingerprint density at radius 3 is 2.74 bits per heavy atom. The highest BCUT2D eigenvalue weighted by Crippen LogP contribution is 2.30. The quantitative estimate of drug-likeness (QED) is 0.783. The van der Waals surface area contributed by atoms with Crippen LogP contribution in [-0.4, -0.2) is 11.7 Å². The maximum atomic E-state index is 9.89. The Labute approximate surface area is 124 Å². The zero-order valence-corrected chi connectivity index (χ0v) is 13.2. The minimum Gasteiger partial charge on any atom is -0.506 e. The molecule has 0 atom stereocenters. The van der Waals surface area contributed by atoms with E-state index in [0.717, 1.165) is 35.0 Å². The van der Waals surface area contributed by atoms with Crippen molar-refractivity contribution in [3.63, 3.8) is 0 Å². The van der Waals surface area contributed by atoms with Crippen molar-refractivity contribution in [1.82, 2.24) is 5.32 Å². The van der Waals surface area contributed by atoms with Crippen LogP contribution in [0.15, 0.2) is 22.7 Å². The third-order valence-corrected chi connectivity index (χ3v) is 4.89. The average Bonchev–Trinajstić information content (AvgIpc) is 2.41. The van der Waals surface area contributed by atoms with Crippen molar-refractivity contribution in [3.05, 3.63) is 28.2 Å². The van der Waals surface area contributed by atoms with Crippen LogP contribution in [0.4, 0.5) is 0 Å². The minimum atomic E-state index is 0.362. The first-order chi connectivity index (χ1) is 9.16. The number of benzene rings is 1. The Kier molecular flexibility index (Phi) is 5.71. The molecule has 0 aromatic heterocycles. The predicted octanol–water partition coefficient (Wildman–Crippen LogP) is 4.46. The Balaban J connectivity index is 1.68. The van der Waals surface area contributed by atoms with Gasteiger partial charge in [0.15, 0.2) is 0 Å². The SMILES string of the molecule is CC1CCC(CCNCc2cccc(Br)c2O)CC1. The fourth-order valence-corrected chi connectivity index (χ4v) is 3.26. The highest BCUT2D eigenvalue weighted by Gasteiger charge is 2.17. The van der Waals surface area contributed by atoms with Crippen LogP contribution in [0, 0.1) is 11.8 Å². The van der Waals surface area contributed by atoms with Gasteiger partial charge in [-0.3, -0.25) is 0 Å². The van der Waals surface area contributed by atoms with Gasteiger partial charge in [-0.1, -0.05) is 44.7 Å². The number of halogens is 1. The van der Waals surface area contributed by atoms with Gasteiger partial charge in [0.2, 0.25) is 0 Å². The Morgan fingerprint density at radius 1 is 1.26 bits per heavy atom. The summed E-state index contributed by atoms with van der Waals surface area (Å²) in [4.78, 5) is 0. The van der Waals surface area contributed by atoms with E-state index in [2.05, 4.69) is 28.2 Å². The molecule has 19 heavy (non-hydrogen) atoms. The standard InChI is InChI=1S/C16H24BrNO/c1-12-5-7-13(8-6-12)9-10-18-11-14-3-2-4-15(17)16(14)19/h2-4,12-13,18-19H,5-11H2,1H3. The molecule has 2 nitrogen and oxygen atoms in total. The smallest absolute Gasteiger partial charge is 0.134 e. The Hall–Kier alpha value is -0.540. The third kappa shape index (κ3) is 4.50. The zero-order chi connectivity index (χ0) is 13.7. The molecule has 0 aliphatic heterocycles. The third-order valence-electron chi connectivity index (χ3n) is 4.25. The summed E-state index contributed by atoms with van der Waals surface area (Å²) < 4.78 is 0.771. The van der Waals surface area contributed by atoms with E-state index in [1.807, 2.05) is 18.2 Å². The number of phenolic OH excluding ortho intramolecular Hbond substituents is 1. The highest BCUT2D eigenvalue weighted by atomic mass is 79.9. The number of rotatable bonds is 5. The summed E-state index contributed by atoms with van der Waals surface area (Å²) in [6, 6.07) is 5.79. The lowest BCUT2D eigenvalue weighted by atomic mass is 9.81. The second-order valence-electron chi connectivity index (χ2n) is 5.84. The minimum absolute atomic E-state index is 0.362. The van der Waals surface area contributed by atoms with E-state index >= 15 is 0 Å². The van der Waals surface area contributed by atoms with E-state index in [4.69, 9.17) is 0 Å². The molecule has 0 unspecified atom stereocenters. The molecule has 1 aromatic rings. The largest absolute Gasteiger partial charge is 0.506 e. The second-order valence-corrected chi connectivity index (χ2v) is 6.69. The summed E-state index contributed by atoms with van der Waals surface area (Å²) in [5, 5.41) is 13.3. The molecule has 0 amide bonds. The van der Waals surface area contributed by atoms with Gasteiger partial charge in [-0.05, 0) is 46.8 Å². The van der Waals surface area contributed by atoms with Crippen LogP contribution >= 0.6 is 15.9 Å². The van der Waals surface area contributed by atoms with Crippen LogP contribution < -0.4 is 5.32 Å². The lowest BCUT2D eigenvalue weighted by Gasteiger charge is -2.26. The number of para-hydroxylation sites is 1. The van der Waals surface area contributed by atoms with E-state index in [0.29, 0.717) is 5.75 Å². The maximum Gasteiger partial charge on any atom is 0.134 e. The molecule has 3 heteroatoms. The fourth-order valence-electron chi connectivity index (χ4n) is 2.85. The number of hydrogen-bond acceptors (Lipinski definition) is 2. The average molecular weight is 326 g/mol. The predicted molar refractivity (Wildman–Crippen MR) is 83.3 cm³/mol. The molecule has 0 heterocycles. The topological polar surface area (TPSA) is 32.3 Å². The molecule has 2 N–H and O–H groups in total. The first-order valence-electron chi connectivity index (χ1n) is 7.34. The van der Waals surface area contributed by atoms with E-state index in [1.54, 1.807) is 0 Å². The lowest BCUT2D eigenvalue weighted by molar-refractivity contribution is 0.275. The number of phenols is 1. The van der Waals surface area contributed by atoms with Gasteiger partial charge in [0, 0.05) is 12.1 Å². The van der Waals surface area contributed by atoms with Gasteiger partial charge in [-0.2, -0.15) is 0 Å². The van der Waals surface area contributed by atoms with Crippen LogP contribution in [0.1, 0.15) is 44.6 Å². The summed E-state index contributed by atoms with van der Waals surface area (Å²) in [6.45, 7) is 4.16. The molecular weight excluding hydrogens is 302 g/mol. The monoisotopic (exact) mass is 325 g/mol. The molecule has 0 bridgehead atoms. The van der Waals surface area contributed by atoms with Crippen molar-refractivity contribution in [2.75, 3.05) is 6.54 Å². The Morgan fingerprint density at radius 2 is 2.00 bits per heavy atom. The summed E-state index contributed by atoms with van der Waals surface area (Å²) in [5.41, 5.74) is 0.964. The molecule has 0 radical (unpaired) electrons. The molecule has 1 aromatic carbocycles. The molecule has 1 aliphatic carbocycles. The summed E-state index contributed by atoms with van der Waals surface area (Å²) in [7, 11) is 0. The molecule has 2 rings (SSSR count). The molecular formula is C16H24BrNO. The number of aromatic hydroxyl groups is 1. The fraction of sp³-hybridized carbons (Fsp3) is 0.625. The van der Waals surface area contributed by atoms with Gasteiger partial charge < -0.3 is 10.4 Å². The second kappa shape index (κ2) is 7.30. The number of nitrogens with one attached hydrogen (secondary N) is 1. The van der Waals surface area contributed by atoms with Gasteiger partial charge in [0.05, 0.1) is 4.47 Å². The van der Waals surface area contributed by atoms with Gasteiger partial charge in [0.25, 0.3) is 0 Å². The molecule has 1 fully saturated rings. The van der Waals surface area contributed by atoms with E-state index < -0.39 is 0 Å². The van der Waals surface area contributed by atoms with Crippen molar-refractivity contribution >= 4 is 15.9 Å². The molecule has 0 spiro atoms. The first-order valence-corrected chi connectivity index (χ1v) is 8.13. The molecule has 106 valence electrons. The van der Waals surface area contributed by atoms with Crippen LogP contribution in [0.2, 0.25) is 0 Å². The van der Waals surface area contributed by atoms with Crippen LogP contribution in [0.5, 0.6) is 5.75 Å². The highest BCUT2D eigenvalue weighted by molar-refractivity contribution is 9.10. The van der Waals surface area contributed by atoms with Gasteiger partial charge in [-0.25, -0.2) is 0 Å². The maximum absolute atomic E-state index is 9.89. The zero-order valence-electron chi connectivity index (χ0n) is 11.7. The summed E-state index contributed by atoms with van der Waals surface area (Å²) >= 11 is 3.35. The van der Waals surface area contributed by atoms with Crippen molar-refractivity contribution < 1.29 is 5.11 Å². The molecule has 0 saturated heterocycles. The van der Waals surface area contributed by atoms with E-state index in [9.17, 15) is 5.11 Å². The van der Waals surface area contributed by atoms with E-state index in [-0.39, 0.29) is 0 Å². The van der Waals surface area contributed by atoms with Crippen molar-refractivity contribution in [2.45, 2.75) is 45.6 Å². The summed E-state index contributed by atoms with van der Waals surface area (Å²) in [5.74, 6) is 2.20. The molecule has 1 aliphatic rings. The van der Waals surface area contributed by atoms with Crippen molar-refractivity contribution in [2.24, 2.45) is 11.8 Å². The van der Waals surface area contributed by atoms with Gasteiger partial charge in [0.1, 0.15) is 5.75 Å². The van der Waals surface area contributed by atoms with Crippen LogP contribution in [-0.2, 0) is 6.54 Å². The van der Waals surface area contributed by atoms with Crippen LogP contribution in [0.25, 0.3) is 0 Å². The van der Waals surface area contributed by atoms with Crippen molar-refractivity contribution in [3.8, 4) is 5.75 Å². The molecule has 1 saturated carbocycles. The van der Waals surface area contributed by atoms with Gasteiger partial charge >= 0.3 is 0 Å². The lowest BCUT2D eigenvalue weighted by Crippen LogP contribution is -2.20.